The van der Waals surface area contributed by atoms with Gasteiger partial charge in [-0.3, -0.25) is 14.4 Å². The summed E-state index contributed by atoms with van der Waals surface area (Å²) in [6, 6.07) is 0. The van der Waals surface area contributed by atoms with Crippen LogP contribution in [-0.4, -0.2) is 37.2 Å². The molecule has 458 valence electrons. The molecular weight excluding hydrogens is 961 g/mol. The molecule has 0 aliphatic heterocycles. The van der Waals surface area contributed by atoms with Crippen molar-refractivity contribution in [1.29, 1.82) is 0 Å². The Morgan fingerprint density at radius 1 is 0.269 bits per heavy atom. The van der Waals surface area contributed by atoms with Gasteiger partial charge in [0.05, 0.1) is 0 Å². The van der Waals surface area contributed by atoms with E-state index in [2.05, 4.69) is 57.2 Å². The summed E-state index contributed by atoms with van der Waals surface area (Å²) in [6.45, 7) is 6.60. The lowest BCUT2D eigenvalue weighted by Gasteiger charge is -2.18. The van der Waals surface area contributed by atoms with Gasteiger partial charge in [-0.1, -0.05) is 353 Å². The number of ether oxygens (including phenoxy) is 3. The van der Waals surface area contributed by atoms with Crippen molar-refractivity contribution in [3.8, 4) is 0 Å². The smallest absolute Gasteiger partial charge is 0.306 e. The molecule has 0 fully saturated rings. The summed E-state index contributed by atoms with van der Waals surface area (Å²) in [5.74, 6) is -0.859. The van der Waals surface area contributed by atoms with Crippen LogP contribution < -0.4 is 0 Å². The van der Waals surface area contributed by atoms with Crippen LogP contribution in [0.4, 0.5) is 0 Å². The van der Waals surface area contributed by atoms with Gasteiger partial charge in [-0.2, -0.15) is 0 Å². The molecule has 0 heterocycles. The van der Waals surface area contributed by atoms with Gasteiger partial charge in [0.25, 0.3) is 0 Å². The fourth-order valence-corrected chi connectivity index (χ4v) is 10.7. The maximum Gasteiger partial charge on any atom is 0.306 e. The van der Waals surface area contributed by atoms with Crippen molar-refractivity contribution in [1.82, 2.24) is 0 Å². The first-order valence-electron chi connectivity index (χ1n) is 35.0. The van der Waals surface area contributed by atoms with E-state index in [-0.39, 0.29) is 31.1 Å². The van der Waals surface area contributed by atoms with E-state index < -0.39 is 6.10 Å². The second-order valence-corrected chi connectivity index (χ2v) is 23.8. The highest BCUT2D eigenvalue weighted by atomic mass is 16.6. The van der Waals surface area contributed by atoms with Crippen LogP contribution >= 0.6 is 0 Å². The minimum absolute atomic E-state index is 0.0718. The third-order valence-electron chi connectivity index (χ3n) is 15.9. The average Bonchev–Trinajstić information content (AvgIpc) is 3.44. The Morgan fingerprint density at radius 3 is 0.782 bits per heavy atom. The van der Waals surface area contributed by atoms with Crippen LogP contribution in [-0.2, 0) is 28.6 Å². The molecular formula is C72H134O6. The fraction of sp³-hybridized carbons (Fsp3) is 0.875. The van der Waals surface area contributed by atoms with Gasteiger partial charge in [-0.15, -0.1) is 0 Å². The number of rotatable bonds is 65. The Bertz CT molecular complexity index is 1300. The van der Waals surface area contributed by atoms with Crippen LogP contribution in [0.5, 0.6) is 0 Å². The Hall–Kier alpha value is -2.37. The second-order valence-electron chi connectivity index (χ2n) is 23.8. The van der Waals surface area contributed by atoms with E-state index in [4.69, 9.17) is 14.2 Å². The predicted octanol–water partition coefficient (Wildman–Crippen LogP) is 23.9. The van der Waals surface area contributed by atoms with Crippen LogP contribution in [0.25, 0.3) is 0 Å². The number of esters is 3. The third-order valence-corrected chi connectivity index (χ3v) is 15.9. The molecule has 1 atom stereocenters. The molecule has 0 bridgehead atoms. The van der Waals surface area contributed by atoms with E-state index in [0.29, 0.717) is 19.3 Å². The van der Waals surface area contributed by atoms with E-state index in [0.717, 1.165) is 96.3 Å². The Morgan fingerprint density at radius 2 is 0.500 bits per heavy atom. The fourth-order valence-electron chi connectivity index (χ4n) is 10.7. The lowest BCUT2D eigenvalue weighted by molar-refractivity contribution is -0.167. The Labute approximate surface area is 486 Å². The van der Waals surface area contributed by atoms with E-state index in [1.165, 1.54) is 250 Å². The number of hydrogen-bond acceptors (Lipinski definition) is 6. The summed E-state index contributed by atoms with van der Waals surface area (Å²) < 4.78 is 17.0. The first-order valence-corrected chi connectivity index (χ1v) is 35.0. The van der Waals surface area contributed by atoms with Crippen molar-refractivity contribution in [2.45, 2.75) is 393 Å². The van der Waals surface area contributed by atoms with Gasteiger partial charge < -0.3 is 14.2 Å². The van der Waals surface area contributed by atoms with Crippen molar-refractivity contribution >= 4 is 17.9 Å². The number of unbranched alkanes of at least 4 members (excludes halogenated alkanes) is 48. The third kappa shape index (κ3) is 64.5. The SMILES string of the molecule is CC/C=C\C/C=C\C/C=C\CCCCCCCC(=O)OCC(COC(=O)CCCCCCCCCCCCCCCCCCCCCCCCCCC)OC(=O)CCCCCCCCCCCCCCCCCCCCCC. The van der Waals surface area contributed by atoms with E-state index in [1.54, 1.807) is 0 Å². The number of allylic oxidation sites excluding steroid dienone is 6. The standard InChI is InChI=1S/C72H134O6/c1-4-7-10-13-16-19-22-25-28-30-32-34-35-36-37-38-40-41-44-47-50-53-56-59-62-65-71(74)77-68-69(67-76-70(73)64-61-58-55-52-49-46-43-27-24-21-18-15-12-9-6-3)78-72(75)66-63-60-57-54-51-48-45-42-39-33-31-29-26-23-20-17-14-11-8-5-2/h9,12,18,21,27,43,69H,4-8,10-11,13-17,19-20,22-26,28-42,44-68H2,1-3H3/b12-9-,21-18-,43-27-. The first-order chi connectivity index (χ1) is 38.5. The molecule has 1 unspecified atom stereocenters. The highest BCUT2D eigenvalue weighted by molar-refractivity contribution is 5.71. The summed E-state index contributed by atoms with van der Waals surface area (Å²) in [6.07, 6.45) is 83.2. The Balaban J connectivity index is 4.25. The monoisotopic (exact) mass is 1100 g/mol. The molecule has 0 radical (unpaired) electrons. The van der Waals surface area contributed by atoms with E-state index in [9.17, 15) is 14.4 Å². The molecule has 0 saturated carbocycles. The molecule has 78 heavy (non-hydrogen) atoms. The van der Waals surface area contributed by atoms with Gasteiger partial charge in [0, 0.05) is 19.3 Å². The van der Waals surface area contributed by atoms with Gasteiger partial charge in [0.2, 0.25) is 0 Å². The quantitative estimate of drug-likeness (QED) is 0.0261. The summed E-state index contributed by atoms with van der Waals surface area (Å²) in [4.78, 5) is 38.4. The summed E-state index contributed by atoms with van der Waals surface area (Å²) in [5.41, 5.74) is 0. The van der Waals surface area contributed by atoms with Crippen molar-refractivity contribution in [2.75, 3.05) is 13.2 Å². The number of hydrogen-bond donors (Lipinski definition) is 0. The zero-order valence-corrected chi connectivity index (χ0v) is 52.7. The molecule has 6 heteroatoms. The molecule has 0 spiro atoms. The van der Waals surface area contributed by atoms with E-state index in [1.807, 2.05) is 0 Å². The van der Waals surface area contributed by atoms with E-state index >= 15 is 0 Å². The lowest BCUT2D eigenvalue weighted by Crippen LogP contribution is -2.30. The minimum Gasteiger partial charge on any atom is -0.462 e. The first kappa shape index (κ1) is 75.6. The zero-order valence-electron chi connectivity index (χ0n) is 52.7. The number of carbonyl (C=O) groups excluding carboxylic acids is 3. The van der Waals surface area contributed by atoms with Gasteiger partial charge in [-0.05, 0) is 51.4 Å². The predicted molar refractivity (Wildman–Crippen MR) is 339 cm³/mol. The second kappa shape index (κ2) is 67.1. The summed E-state index contributed by atoms with van der Waals surface area (Å²) in [7, 11) is 0. The maximum atomic E-state index is 12.9. The van der Waals surface area contributed by atoms with Crippen molar-refractivity contribution in [2.24, 2.45) is 0 Å². The molecule has 0 aliphatic rings. The molecule has 6 nitrogen and oxygen atoms in total. The van der Waals surface area contributed by atoms with Crippen LogP contribution in [0, 0.1) is 0 Å². The summed E-state index contributed by atoms with van der Waals surface area (Å²) in [5, 5.41) is 0. The maximum absolute atomic E-state index is 12.9. The van der Waals surface area contributed by atoms with Crippen LogP contribution in [0.3, 0.4) is 0 Å². The van der Waals surface area contributed by atoms with Crippen LogP contribution in [0.15, 0.2) is 36.5 Å². The van der Waals surface area contributed by atoms with Gasteiger partial charge in [0.15, 0.2) is 6.10 Å². The highest BCUT2D eigenvalue weighted by Gasteiger charge is 2.19. The van der Waals surface area contributed by atoms with Gasteiger partial charge in [-0.25, -0.2) is 0 Å². The highest BCUT2D eigenvalue weighted by Crippen LogP contribution is 2.19. The molecule has 0 aliphatic carbocycles. The largest absolute Gasteiger partial charge is 0.462 e. The molecule has 0 aromatic heterocycles. The number of carbonyl (C=O) groups is 3. The molecule has 0 amide bonds. The minimum atomic E-state index is -0.777. The normalized spacial score (nSPS) is 12.2. The molecule has 0 aromatic carbocycles. The lowest BCUT2D eigenvalue weighted by atomic mass is 10.0. The van der Waals surface area contributed by atoms with Crippen LogP contribution in [0.1, 0.15) is 387 Å². The zero-order chi connectivity index (χ0) is 56.4. The van der Waals surface area contributed by atoms with Crippen molar-refractivity contribution in [3.63, 3.8) is 0 Å². The van der Waals surface area contributed by atoms with Crippen molar-refractivity contribution in [3.05, 3.63) is 36.5 Å². The Kier molecular flexibility index (Phi) is 65.1. The molecule has 0 aromatic rings. The van der Waals surface area contributed by atoms with Crippen molar-refractivity contribution < 1.29 is 28.6 Å². The molecule has 0 N–H and O–H groups in total. The van der Waals surface area contributed by atoms with Gasteiger partial charge in [0.1, 0.15) is 13.2 Å². The van der Waals surface area contributed by atoms with Gasteiger partial charge >= 0.3 is 17.9 Å². The topological polar surface area (TPSA) is 78.9 Å². The molecule has 0 saturated heterocycles. The molecule has 0 rings (SSSR count). The average molecular weight is 1100 g/mol. The summed E-state index contributed by atoms with van der Waals surface area (Å²) >= 11 is 0. The van der Waals surface area contributed by atoms with Crippen LogP contribution in [0.2, 0.25) is 0 Å².